The monoisotopic (exact) mass is 333 g/mol. The summed E-state index contributed by atoms with van der Waals surface area (Å²) >= 11 is 2.33. The Kier molecular flexibility index (Phi) is 7.00. The van der Waals surface area contributed by atoms with Crippen molar-refractivity contribution in [2.45, 2.75) is 25.8 Å². The molecule has 3 heteroatoms. The summed E-state index contributed by atoms with van der Waals surface area (Å²) in [6.45, 7) is 3.92. The van der Waals surface area contributed by atoms with Crippen molar-refractivity contribution in [2.75, 3.05) is 20.3 Å². The third kappa shape index (κ3) is 5.27. The smallest absolute Gasteiger partial charge is 0.0615 e. The van der Waals surface area contributed by atoms with Gasteiger partial charge in [-0.15, -0.1) is 0 Å². The van der Waals surface area contributed by atoms with Gasteiger partial charge in [0.2, 0.25) is 0 Å². The largest absolute Gasteiger partial charge is 0.383 e. The molecular formula is C13H20INO. The Labute approximate surface area is 112 Å². The van der Waals surface area contributed by atoms with E-state index in [0.29, 0.717) is 6.04 Å². The predicted molar refractivity (Wildman–Crippen MR) is 76.8 cm³/mol. The highest BCUT2D eigenvalue weighted by Crippen LogP contribution is 2.09. The van der Waals surface area contributed by atoms with Gasteiger partial charge in [-0.1, -0.05) is 19.1 Å². The minimum Gasteiger partial charge on any atom is -0.383 e. The Morgan fingerprint density at radius 2 is 2.00 bits per heavy atom. The Balaban J connectivity index is 2.38. The first-order chi connectivity index (χ1) is 7.76. The van der Waals surface area contributed by atoms with E-state index < -0.39 is 0 Å². The highest BCUT2D eigenvalue weighted by Gasteiger charge is 2.06. The van der Waals surface area contributed by atoms with Gasteiger partial charge in [0, 0.05) is 16.7 Å². The van der Waals surface area contributed by atoms with Crippen molar-refractivity contribution in [2.24, 2.45) is 0 Å². The molecule has 0 spiro atoms. The van der Waals surface area contributed by atoms with E-state index in [1.165, 1.54) is 9.13 Å². The Bertz CT molecular complexity index is 280. The first kappa shape index (κ1) is 13.9. The van der Waals surface area contributed by atoms with Crippen LogP contribution in [-0.4, -0.2) is 26.3 Å². The molecule has 0 heterocycles. The molecule has 2 nitrogen and oxygen atoms in total. The normalized spacial score (nSPS) is 12.7. The van der Waals surface area contributed by atoms with Crippen LogP contribution in [0, 0.1) is 3.57 Å². The van der Waals surface area contributed by atoms with Crippen LogP contribution in [0.25, 0.3) is 0 Å². The molecule has 90 valence electrons. The van der Waals surface area contributed by atoms with Crippen molar-refractivity contribution in [1.82, 2.24) is 5.32 Å². The van der Waals surface area contributed by atoms with E-state index in [0.717, 1.165) is 26.0 Å². The lowest BCUT2D eigenvalue weighted by Crippen LogP contribution is -2.33. The summed E-state index contributed by atoms with van der Waals surface area (Å²) in [6, 6.07) is 9.20. The Morgan fingerprint density at radius 1 is 1.31 bits per heavy atom. The Hall–Kier alpha value is -0.130. The van der Waals surface area contributed by atoms with Gasteiger partial charge in [-0.2, -0.15) is 0 Å². The number of nitrogens with one attached hydrogen (secondary N) is 1. The van der Waals surface area contributed by atoms with Crippen molar-refractivity contribution in [3.63, 3.8) is 0 Å². The third-order valence-corrected chi connectivity index (χ3v) is 3.27. The van der Waals surface area contributed by atoms with Crippen LogP contribution in [-0.2, 0) is 11.2 Å². The maximum Gasteiger partial charge on any atom is 0.0615 e. The summed E-state index contributed by atoms with van der Waals surface area (Å²) in [5, 5.41) is 3.44. The fourth-order valence-corrected chi connectivity index (χ4v) is 2.09. The third-order valence-electron chi connectivity index (χ3n) is 2.56. The average molecular weight is 333 g/mol. The number of halogens is 1. The minimum absolute atomic E-state index is 0.467. The number of hydrogen-bond acceptors (Lipinski definition) is 2. The van der Waals surface area contributed by atoms with Crippen LogP contribution < -0.4 is 5.32 Å². The zero-order valence-electron chi connectivity index (χ0n) is 10.0. The molecule has 16 heavy (non-hydrogen) atoms. The van der Waals surface area contributed by atoms with E-state index in [4.69, 9.17) is 4.74 Å². The van der Waals surface area contributed by atoms with Gasteiger partial charge in [0.15, 0.2) is 0 Å². The topological polar surface area (TPSA) is 21.3 Å². The standard InChI is InChI=1S/C13H20INO/c1-3-15-13(10-16-2)9-6-11-4-7-12(14)8-5-11/h4-5,7-8,13,15H,3,6,9-10H2,1-2H3. The summed E-state index contributed by atoms with van der Waals surface area (Å²) < 4.78 is 6.49. The van der Waals surface area contributed by atoms with Gasteiger partial charge in [0.1, 0.15) is 0 Å². The van der Waals surface area contributed by atoms with E-state index in [1.54, 1.807) is 7.11 Å². The lowest BCUT2D eigenvalue weighted by atomic mass is 10.1. The van der Waals surface area contributed by atoms with Crippen LogP contribution >= 0.6 is 22.6 Å². The second-order valence-corrected chi connectivity index (χ2v) is 5.12. The first-order valence-electron chi connectivity index (χ1n) is 5.73. The molecular weight excluding hydrogens is 313 g/mol. The molecule has 0 aliphatic heterocycles. The van der Waals surface area contributed by atoms with Gasteiger partial charge < -0.3 is 10.1 Å². The summed E-state index contributed by atoms with van der Waals surface area (Å²) in [4.78, 5) is 0. The maximum absolute atomic E-state index is 5.20. The number of ether oxygens (including phenoxy) is 1. The molecule has 1 atom stereocenters. The van der Waals surface area contributed by atoms with E-state index in [9.17, 15) is 0 Å². The highest BCUT2D eigenvalue weighted by atomic mass is 127. The molecule has 0 amide bonds. The molecule has 0 fully saturated rings. The van der Waals surface area contributed by atoms with Crippen LogP contribution in [0.3, 0.4) is 0 Å². The summed E-state index contributed by atoms with van der Waals surface area (Å²) in [5.41, 5.74) is 1.40. The number of aryl methyl sites for hydroxylation is 1. The first-order valence-corrected chi connectivity index (χ1v) is 6.81. The van der Waals surface area contributed by atoms with Crippen LogP contribution in [0.4, 0.5) is 0 Å². The lowest BCUT2D eigenvalue weighted by molar-refractivity contribution is 0.163. The number of benzene rings is 1. The quantitative estimate of drug-likeness (QED) is 0.775. The molecule has 1 unspecified atom stereocenters. The van der Waals surface area contributed by atoms with E-state index in [1.807, 2.05) is 0 Å². The van der Waals surface area contributed by atoms with E-state index in [2.05, 4.69) is 59.1 Å². The second kappa shape index (κ2) is 8.03. The molecule has 0 radical (unpaired) electrons. The SMILES string of the molecule is CCNC(CCc1ccc(I)cc1)COC. The molecule has 0 saturated heterocycles. The van der Waals surface area contributed by atoms with Gasteiger partial charge in [0.25, 0.3) is 0 Å². The zero-order valence-corrected chi connectivity index (χ0v) is 12.2. The maximum atomic E-state index is 5.20. The van der Waals surface area contributed by atoms with Crippen LogP contribution in [0.2, 0.25) is 0 Å². The molecule has 1 rings (SSSR count). The molecule has 1 N–H and O–H groups in total. The van der Waals surface area contributed by atoms with E-state index >= 15 is 0 Å². The second-order valence-electron chi connectivity index (χ2n) is 3.88. The molecule has 0 aliphatic rings. The van der Waals surface area contributed by atoms with Crippen LogP contribution in [0.15, 0.2) is 24.3 Å². The van der Waals surface area contributed by atoms with Crippen molar-refractivity contribution in [3.05, 3.63) is 33.4 Å². The van der Waals surface area contributed by atoms with E-state index in [-0.39, 0.29) is 0 Å². The molecule has 1 aromatic carbocycles. The average Bonchev–Trinajstić information content (AvgIpc) is 2.29. The predicted octanol–water partition coefficient (Wildman–Crippen LogP) is 2.85. The van der Waals surface area contributed by atoms with Gasteiger partial charge in [-0.3, -0.25) is 0 Å². The number of hydrogen-bond donors (Lipinski definition) is 1. The van der Waals surface area contributed by atoms with Gasteiger partial charge in [0.05, 0.1) is 6.61 Å². The lowest BCUT2D eigenvalue weighted by Gasteiger charge is -2.16. The summed E-state index contributed by atoms with van der Waals surface area (Å²) in [7, 11) is 1.76. The summed E-state index contributed by atoms with van der Waals surface area (Å²) in [5.74, 6) is 0. The van der Waals surface area contributed by atoms with Gasteiger partial charge in [-0.25, -0.2) is 0 Å². The van der Waals surface area contributed by atoms with Gasteiger partial charge in [-0.05, 0) is 59.7 Å². The fourth-order valence-electron chi connectivity index (χ4n) is 1.73. The van der Waals surface area contributed by atoms with Crippen molar-refractivity contribution < 1.29 is 4.74 Å². The highest BCUT2D eigenvalue weighted by molar-refractivity contribution is 14.1. The molecule has 0 saturated carbocycles. The molecule has 0 aliphatic carbocycles. The summed E-state index contributed by atoms with van der Waals surface area (Å²) in [6.07, 6.45) is 2.24. The minimum atomic E-state index is 0.467. The van der Waals surface area contributed by atoms with Crippen molar-refractivity contribution in [3.8, 4) is 0 Å². The van der Waals surface area contributed by atoms with Crippen molar-refractivity contribution in [1.29, 1.82) is 0 Å². The zero-order chi connectivity index (χ0) is 11.8. The fraction of sp³-hybridized carbons (Fsp3) is 0.538. The molecule has 0 bridgehead atoms. The molecule has 1 aromatic rings. The van der Waals surface area contributed by atoms with Crippen LogP contribution in [0.1, 0.15) is 18.9 Å². The Morgan fingerprint density at radius 3 is 2.56 bits per heavy atom. The van der Waals surface area contributed by atoms with Gasteiger partial charge >= 0.3 is 0 Å². The van der Waals surface area contributed by atoms with Crippen molar-refractivity contribution >= 4 is 22.6 Å². The number of rotatable bonds is 7. The number of likely N-dealkylation sites (N-methyl/N-ethyl adjacent to an activating group) is 1. The number of methoxy groups -OCH3 is 1. The molecule has 0 aromatic heterocycles. The van der Waals surface area contributed by atoms with Crippen LogP contribution in [0.5, 0.6) is 0 Å².